The highest BCUT2D eigenvalue weighted by atomic mass is 35.5. The summed E-state index contributed by atoms with van der Waals surface area (Å²) in [4.78, 5) is 16.7. The molecule has 1 aromatic carbocycles. The third-order valence-corrected chi connectivity index (χ3v) is 4.95. The molecule has 5 nitrogen and oxygen atoms in total. The summed E-state index contributed by atoms with van der Waals surface area (Å²) in [7, 11) is 0. The lowest BCUT2D eigenvalue weighted by Gasteiger charge is -2.35. The van der Waals surface area contributed by atoms with Crippen molar-refractivity contribution in [1.82, 2.24) is 15.1 Å². The molecule has 0 saturated carbocycles. The first-order valence-corrected chi connectivity index (χ1v) is 9.32. The molecule has 2 heterocycles. The van der Waals surface area contributed by atoms with Crippen molar-refractivity contribution in [3.63, 3.8) is 0 Å². The first kappa shape index (κ1) is 18.6. The van der Waals surface area contributed by atoms with Crippen LogP contribution in [-0.2, 0) is 16.6 Å². The normalized spacial score (nSPS) is 15.2. The Hall–Kier alpha value is -2.14. The molecule has 2 aromatic rings. The van der Waals surface area contributed by atoms with E-state index < -0.39 is 0 Å². The first-order chi connectivity index (χ1) is 12.3. The smallest absolute Gasteiger partial charge is 0.227 e. The van der Waals surface area contributed by atoms with Crippen molar-refractivity contribution in [2.45, 2.75) is 32.6 Å². The molecule has 0 radical (unpaired) electrons. The van der Waals surface area contributed by atoms with Crippen molar-refractivity contribution in [3.8, 4) is 0 Å². The maximum Gasteiger partial charge on any atom is 0.227 e. The second-order valence-electron chi connectivity index (χ2n) is 7.71. The Kier molecular flexibility index (Phi) is 5.47. The van der Waals surface area contributed by atoms with E-state index in [1.54, 1.807) is 6.07 Å². The van der Waals surface area contributed by atoms with Crippen molar-refractivity contribution >= 4 is 23.3 Å². The molecular formula is C20H25ClN4O. The number of aromatic nitrogens is 2. The van der Waals surface area contributed by atoms with Crippen LogP contribution in [0.5, 0.6) is 0 Å². The fourth-order valence-corrected chi connectivity index (χ4v) is 3.17. The third kappa shape index (κ3) is 4.52. The van der Waals surface area contributed by atoms with Crippen LogP contribution >= 0.6 is 11.6 Å². The van der Waals surface area contributed by atoms with Crippen molar-refractivity contribution in [2.24, 2.45) is 0 Å². The van der Waals surface area contributed by atoms with Gasteiger partial charge >= 0.3 is 0 Å². The molecule has 0 N–H and O–H groups in total. The topological polar surface area (TPSA) is 49.3 Å². The number of benzene rings is 1. The van der Waals surface area contributed by atoms with Crippen molar-refractivity contribution in [2.75, 3.05) is 31.1 Å². The molecule has 0 unspecified atom stereocenters. The number of piperazine rings is 1. The van der Waals surface area contributed by atoms with Crippen molar-refractivity contribution in [3.05, 3.63) is 52.7 Å². The number of carbonyl (C=O) groups is 1. The largest absolute Gasteiger partial charge is 0.352 e. The van der Waals surface area contributed by atoms with E-state index in [0.29, 0.717) is 24.7 Å². The summed E-state index contributed by atoms with van der Waals surface area (Å²) in [6.45, 7) is 9.48. The first-order valence-electron chi connectivity index (χ1n) is 8.94. The van der Waals surface area contributed by atoms with Crippen LogP contribution in [0.2, 0.25) is 5.15 Å². The van der Waals surface area contributed by atoms with Crippen LogP contribution in [0.3, 0.4) is 0 Å². The molecule has 138 valence electrons. The monoisotopic (exact) mass is 372 g/mol. The van der Waals surface area contributed by atoms with E-state index in [-0.39, 0.29) is 11.3 Å². The van der Waals surface area contributed by atoms with Gasteiger partial charge in [0.1, 0.15) is 0 Å². The Labute approximate surface area is 160 Å². The summed E-state index contributed by atoms with van der Waals surface area (Å²) >= 11 is 5.78. The van der Waals surface area contributed by atoms with E-state index in [1.165, 1.54) is 5.56 Å². The quantitative estimate of drug-likeness (QED) is 0.829. The highest BCUT2D eigenvalue weighted by Crippen LogP contribution is 2.22. The number of halogens is 1. The molecule has 0 atom stereocenters. The summed E-state index contributed by atoms with van der Waals surface area (Å²) < 4.78 is 0. The van der Waals surface area contributed by atoms with Gasteiger partial charge in [0.05, 0.1) is 6.42 Å². The summed E-state index contributed by atoms with van der Waals surface area (Å²) in [5.41, 5.74) is 2.48. The van der Waals surface area contributed by atoms with Gasteiger partial charge in [0, 0.05) is 26.2 Å². The number of nitrogens with zero attached hydrogens (tertiary/aromatic N) is 4. The van der Waals surface area contributed by atoms with Gasteiger partial charge in [-0.25, -0.2) is 0 Å². The molecule has 0 aliphatic carbocycles. The highest BCUT2D eigenvalue weighted by Gasteiger charge is 2.22. The Bertz CT molecular complexity index is 745. The van der Waals surface area contributed by atoms with Gasteiger partial charge in [0.25, 0.3) is 0 Å². The van der Waals surface area contributed by atoms with Crippen molar-refractivity contribution < 1.29 is 4.79 Å². The predicted molar refractivity (Wildman–Crippen MR) is 105 cm³/mol. The van der Waals surface area contributed by atoms with Gasteiger partial charge in [-0.1, -0.05) is 56.6 Å². The van der Waals surface area contributed by atoms with Crippen LogP contribution in [0.4, 0.5) is 5.82 Å². The van der Waals surface area contributed by atoms with E-state index in [0.717, 1.165) is 24.5 Å². The van der Waals surface area contributed by atoms with Crippen LogP contribution in [0.15, 0.2) is 36.4 Å². The molecule has 1 amide bonds. The SMILES string of the molecule is CC(C)(C)c1ccc(CC(=O)N2CCN(c3ccc(Cl)nn3)CC2)cc1. The minimum atomic E-state index is 0.128. The molecule has 1 fully saturated rings. The van der Waals surface area contributed by atoms with Gasteiger partial charge in [-0.2, -0.15) is 0 Å². The van der Waals surface area contributed by atoms with Gasteiger partial charge in [-0.05, 0) is 28.7 Å². The molecule has 1 saturated heterocycles. The van der Waals surface area contributed by atoms with Crippen molar-refractivity contribution in [1.29, 1.82) is 0 Å². The van der Waals surface area contributed by atoms with Crippen LogP contribution < -0.4 is 4.90 Å². The number of amides is 1. The second-order valence-corrected chi connectivity index (χ2v) is 8.09. The second kappa shape index (κ2) is 7.62. The lowest BCUT2D eigenvalue weighted by atomic mass is 9.86. The summed E-state index contributed by atoms with van der Waals surface area (Å²) in [6, 6.07) is 12.0. The number of carbonyl (C=O) groups excluding carboxylic acids is 1. The Morgan fingerprint density at radius 1 is 1.00 bits per heavy atom. The fraction of sp³-hybridized carbons (Fsp3) is 0.450. The van der Waals surface area contributed by atoms with Crippen LogP contribution in [0.1, 0.15) is 31.9 Å². The van der Waals surface area contributed by atoms with Crippen LogP contribution in [-0.4, -0.2) is 47.2 Å². The van der Waals surface area contributed by atoms with Gasteiger partial charge in [0.15, 0.2) is 11.0 Å². The average Bonchev–Trinajstić information content (AvgIpc) is 2.62. The van der Waals surface area contributed by atoms with Crippen LogP contribution in [0, 0.1) is 0 Å². The zero-order valence-electron chi connectivity index (χ0n) is 15.6. The predicted octanol–water partition coefficient (Wildman–Crippen LogP) is 3.32. The van der Waals surface area contributed by atoms with Gasteiger partial charge in [-0.15, -0.1) is 10.2 Å². The minimum Gasteiger partial charge on any atom is -0.352 e. The summed E-state index contributed by atoms with van der Waals surface area (Å²) in [5, 5.41) is 8.38. The molecule has 0 spiro atoms. The molecule has 26 heavy (non-hydrogen) atoms. The summed E-state index contributed by atoms with van der Waals surface area (Å²) in [6.07, 6.45) is 0.450. The number of anilines is 1. The molecule has 6 heteroatoms. The van der Waals surface area contributed by atoms with E-state index in [2.05, 4.69) is 60.1 Å². The lowest BCUT2D eigenvalue weighted by molar-refractivity contribution is -0.130. The Morgan fingerprint density at radius 3 is 2.19 bits per heavy atom. The van der Waals surface area contributed by atoms with Gasteiger partial charge in [-0.3, -0.25) is 4.79 Å². The molecule has 0 bridgehead atoms. The average molecular weight is 373 g/mol. The van der Waals surface area contributed by atoms with Crippen LogP contribution in [0.25, 0.3) is 0 Å². The summed E-state index contributed by atoms with van der Waals surface area (Å²) in [5.74, 6) is 0.981. The Morgan fingerprint density at radius 2 is 1.65 bits per heavy atom. The zero-order chi connectivity index (χ0) is 18.7. The zero-order valence-corrected chi connectivity index (χ0v) is 16.3. The standard InChI is InChI=1S/C20H25ClN4O/c1-20(2,3)16-6-4-15(5-7-16)14-19(26)25-12-10-24(11-13-25)18-9-8-17(21)22-23-18/h4-9H,10-14H2,1-3H3. The molecule has 1 aromatic heterocycles. The van der Waals surface area contributed by atoms with E-state index in [1.807, 2.05) is 11.0 Å². The molecular weight excluding hydrogens is 348 g/mol. The molecule has 3 rings (SSSR count). The number of hydrogen-bond donors (Lipinski definition) is 0. The van der Waals surface area contributed by atoms with E-state index in [4.69, 9.17) is 11.6 Å². The van der Waals surface area contributed by atoms with E-state index in [9.17, 15) is 4.79 Å². The molecule has 1 aliphatic heterocycles. The maximum atomic E-state index is 12.6. The lowest BCUT2D eigenvalue weighted by Crippen LogP contribution is -2.49. The molecule has 1 aliphatic rings. The third-order valence-electron chi connectivity index (χ3n) is 4.75. The maximum absolute atomic E-state index is 12.6. The number of rotatable bonds is 3. The van der Waals surface area contributed by atoms with Gasteiger partial charge < -0.3 is 9.80 Å². The number of hydrogen-bond acceptors (Lipinski definition) is 4. The highest BCUT2D eigenvalue weighted by molar-refractivity contribution is 6.29. The minimum absolute atomic E-state index is 0.128. The Balaban J connectivity index is 1.54. The fourth-order valence-electron chi connectivity index (χ4n) is 3.07. The van der Waals surface area contributed by atoms with Gasteiger partial charge in [0.2, 0.25) is 5.91 Å². The van der Waals surface area contributed by atoms with E-state index >= 15 is 0 Å².